The third kappa shape index (κ3) is 3.34. The Bertz CT molecular complexity index is 1030. The van der Waals surface area contributed by atoms with E-state index in [9.17, 15) is 22.4 Å². The topological polar surface area (TPSA) is 46.4 Å². The quantitative estimate of drug-likeness (QED) is 0.583. The second kappa shape index (κ2) is 6.44. The van der Waals surface area contributed by atoms with Gasteiger partial charge >= 0.3 is 6.18 Å². The van der Waals surface area contributed by atoms with Crippen molar-refractivity contribution >= 4 is 40.4 Å². The van der Waals surface area contributed by atoms with Gasteiger partial charge < -0.3 is 5.32 Å². The number of hydrogen-bond donors (Lipinski definition) is 1. The van der Waals surface area contributed by atoms with Crippen molar-refractivity contribution in [1.29, 1.82) is 0 Å². The van der Waals surface area contributed by atoms with Gasteiger partial charge in [-0.25, -0.2) is 9.37 Å². The second-order valence-electron chi connectivity index (χ2n) is 5.40. The van der Waals surface area contributed by atoms with Crippen LogP contribution < -0.4 is 5.32 Å². The van der Waals surface area contributed by atoms with Crippen LogP contribution in [0.1, 0.15) is 21.7 Å². The van der Waals surface area contributed by atoms with Crippen molar-refractivity contribution in [3.8, 4) is 0 Å². The van der Waals surface area contributed by atoms with Gasteiger partial charge in [-0.05, 0) is 31.2 Å². The van der Waals surface area contributed by atoms with Crippen molar-refractivity contribution in [2.45, 2.75) is 13.1 Å². The third-order valence-corrected chi connectivity index (χ3v) is 4.14. The lowest BCUT2D eigenvalue weighted by Crippen LogP contribution is -2.16. The first-order chi connectivity index (χ1) is 12.1. The van der Waals surface area contributed by atoms with E-state index in [1.165, 1.54) is 19.1 Å². The van der Waals surface area contributed by atoms with Crippen LogP contribution in [-0.4, -0.2) is 15.3 Å². The SMILES string of the molecule is Cc1nc2c(Cl)cc(C(F)(F)F)cn2c1C(=O)Nc1ccc(F)c(Cl)c1. The van der Waals surface area contributed by atoms with Crippen molar-refractivity contribution in [2.24, 2.45) is 0 Å². The maximum absolute atomic E-state index is 13.2. The molecule has 4 nitrogen and oxygen atoms in total. The summed E-state index contributed by atoms with van der Waals surface area (Å²) in [4.78, 5) is 16.6. The summed E-state index contributed by atoms with van der Waals surface area (Å²) in [6, 6.07) is 4.25. The highest BCUT2D eigenvalue weighted by atomic mass is 35.5. The van der Waals surface area contributed by atoms with Gasteiger partial charge in [-0.3, -0.25) is 9.20 Å². The average Bonchev–Trinajstić information content (AvgIpc) is 2.87. The number of carbonyl (C=O) groups excluding carboxylic acids is 1. The van der Waals surface area contributed by atoms with Crippen LogP contribution >= 0.6 is 23.2 Å². The van der Waals surface area contributed by atoms with Gasteiger partial charge in [-0.1, -0.05) is 23.2 Å². The second-order valence-corrected chi connectivity index (χ2v) is 6.21. The van der Waals surface area contributed by atoms with E-state index in [1.807, 2.05) is 0 Å². The van der Waals surface area contributed by atoms with Crippen molar-refractivity contribution in [3.05, 3.63) is 63.3 Å². The molecule has 0 aliphatic rings. The van der Waals surface area contributed by atoms with E-state index in [2.05, 4.69) is 10.3 Å². The Labute approximate surface area is 154 Å². The van der Waals surface area contributed by atoms with E-state index in [0.29, 0.717) is 0 Å². The molecule has 136 valence electrons. The molecular formula is C16H9Cl2F4N3O. The summed E-state index contributed by atoms with van der Waals surface area (Å²) in [5.41, 5.74) is -0.787. The van der Waals surface area contributed by atoms with Crippen molar-refractivity contribution < 1.29 is 22.4 Å². The number of anilines is 1. The molecule has 3 aromatic rings. The zero-order valence-electron chi connectivity index (χ0n) is 13.0. The molecule has 0 saturated carbocycles. The van der Waals surface area contributed by atoms with E-state index in [0.717, 1.165) is 22.7 Å². The van der Waals surface area contributed by atoms with E-state index < -0.39 is 23.5 Å². The molecule has 2 heterocycles. The molecule has 0 saturated heterocycles. The fourth-order valence-electron chi connectivity index (χ4n) is 2.41. The van der Waals surface area contributed by atoms with Crippen LogP contribution in [0.5, 0.6) is 0 Å². The Morgan fingerprint density at radius 1 is 1.19 bits per heavy atom. The Kier molecular flexibility index (Phi) is 4.58. The van der Waals surface area contributed by atoms with Gasteiger partial charge in [0.05, 0.1) is 21.3 Å². The Hall–Kier alpha value is -2.32. The van der Waals surface area contributed by atoms with Gasteiger partial charge in [0.2, 0.25) is 0 Å². The summed E-state index contributed by atoms with van der Waals surface area (Å²) < 4.78 is 53.2. The molecule has 2 aromatic heterocycles. The van der Waals surface area contributed by atoms with Crippen LogP contribution in [0.3, 0.4) is 0 Å². The fourth-order valence-corrected chi connectivity index (χ4v) is 2.84. The Balaban J connectivity index is 2.08. The van der Waals surface area contributed by atoms with Gasteiger partial charge in [0.1, 0.15) is 11.5 Å². The number of imidazole rings is 1. The number of nitrogens with one attached hydrogen (secondary N) is 1. The number of alkyl halides is 3. The molecule has 0 aliphatic heterocycles. The highest BCUT2D eigenvalue weighted by Crippen LogP contribution is 2.33. The van der Waals surface area contributed by atoms with Crippen molar-refractivity contribution in [1.82, 2.24) is 9.38 Å². The number of benzene rings is 1. The molecule has 1 amide bonds. The van der Waals surface area contributed by atoms with Crippen LogP contribution in [0, 0.1) is 12.7 Å². The number of carbonyl (C=O) groups is 1. The predicted molar refractivity (Wildman–Crippen MR) is 89.3 cm³/mol. The molecule has 0 unspecified atom stereocenters. The van der Waals surface area contributed by atoms with Crippen LogP contribution in [-0.2, 0) is 6.18 Å². The predicted octanol–water partition coefficient (Wildman–Crippen LogP) is 5.36. The number of aromatic nitrogens is 2. The molecule has 0 radical (unpaired) electrons. The zero-order chi connectivity index (χ0) is 19.2. The summed E-state index contributed by atoms with van der Waals surface area (Å²) in [7, 11) is 0. The van der Waals surface area contributed by atoms with Crippen LogP contribution in [0.25, 0.3) is 5.65 Å². The van der Waals surface area contributed by atoms with Crippen LogP contribution in [0.2, 0.25) is 10.0 Å². The summed E-state index contributed by atoms with van der Waals surface area (Å²) >= 11 is 11.5. The highest BCUT2D eigenvalue weighted by molar-refractivity contribution is 6.33. The smallest absolute Gasteiger partial charge is 0.321 e. The molecule has 10 heteroatoms. The normalized spacial score (nSPS) is 11.8. The molecule has 0 fully saturated rings. The number of nitrogens with zero attached hydrogens (tertiary/aromatic N) is 2. The summed E-state index contributed by atoms with van der Waals surface area (Å²) in [5, 5.41) is 2.00. The van der Waals surface area contributed by atoms with E-state index in [4.69, 9.17) is 23.2 Å². The summed E-state index contributed by atoms with van der Waals surface area (Å²) in [5.74, 6) is -1.41. The molecule has 0 spiro atoms. The third-order valence-electron chi connectivity index (χ3n) is 3.57. The maximum atomic E-state index is 13.2. The number of amides is 1. The van der Waals surface area contributed by atoms with E-state index in [-0.39, 0.29) is 32.8 Å². The Morgan fingerprint density at radius 2 is 1.88 bits per heavy atom. The van der Waals surface area contributed by atoms with E-state index >= 15 is 0 Å². The first-order valence-electron chi connectivity index (χ1n) is 7.09. The lowest BCUT2D eigenvalue weighted by atomic mass is 10.2. The van der Waals surface area contributed by atoms with Gasteiger partial charge in [0.15, 0.2) is 5.65 Å². The number of rotatable bonds is 2. The van der Waals surface area contributed by atoms with Gasteiger partial charge in [-0.2, -0.15) is 13.2 Å². The number of fused-ring (bicyclic) bond motifs is 1. The zero-order valence-corrected chi connectivity index (χ0v) is 14.5. The fraction of sp³-hybridized carbons (Fsp3) is 0.125. The number of aryl methyl sites for hydroxylation is 1. The number of pyridine rings is 1. The van der Waals surface area contributed by atoms with Crippen LogP contribution in [0.4, 0.5) is 23.2 Å². The lowest BCUT2D eigenvalue weighted by molar-refractivity contribution is -0.137. The number of halogens is 6. The lowest BCUT2D eigenvalue weighted by Gasteiger charge is -2.10. The van der Waals surface area contributed by atoms with E-state index in [1.54, 1.807) is 0 Å². The molecular weight excluding hydrogens is 397 g/mol. The van der Waals surface area contributed by atoms with Gasteiger partial charge in [-0.15, -0.1) is 0 Å². The van der Waals surface area contributed by atoms with Crippen molar-refractivity contribution in [2.75, 3.05) is 5.32 Å². The largest absolute Gasteiger partial charge is 0.417 e. The monoisotopic (exact) mass is 405 g/mol. The molecule has 0 atom stereocenters. The van der Waals surface area contributed by atoms with Crippen molar-refractivity contribution in [3.63, 3.8) is 0 Å². The minimum atomic E-state index is -4.64. The Morgan fingerprint density at radius 3 is 2.50 bits per heavy atom. The number of hydrogen-bond acceptors (Lipinski definition) is 2. The summed E-state index contributed by atoms with van der Waals surface area (Å²) in [6.45, 7) is 1.46. The molecule has 26 heavy (non-hydrogen) atoms. The summed E-state index contributed by atoms with van der Waals surface area (Å²) in [6.07, 6.45) is -3.90. The molecule has 3 rings (SSSR count). The van der Waals surface area contributed by atoms with Gasteiger partial charge in [0.25, 0.3) is 5.91 Å². The first kappa shape index (κ1) is 18.5. The van der Waals surface area contributed by atoms with Gasteiger partial charge in [0, 0.05) is 11.9 Å². The molecule has 0 bridgehead atoms. The molecule has 0 aliphatic carbocycles. The molecule has 1 N–H and O–H groups in total. The average molecular weight is 406 g/mol. The standard InChI is InChI=1S/C16H9Cl2F4N3O/c1-7-13(15(26)24-9-2-3-12(19)10(17)5-9)25-6-8(16(20,21)22)4-11(18)14(25)23-7/h2-6H,1H3,(H,24,26). The van der Waals surface area contributed by atoms with Crippen LogP contribution in [0.15, 0.2) is 30.5 Å². The minimum absolute atomic E-state index is 0.0134. The maximum Gasteiger partial charge on any atom is 0.417 e. The molecule has 1 aromatic carbocycles. The first-order valence-corrected chi connectivity index (χ1v) is 7.85. The highest BCUT2D eigenvalue weighted by Gasteiger charge is 2.33. The minimum Gasteiger partial charge on any atom is -0.321 e.